The highest BCUT2D eigenvalue weighted by Gasteiger charge is 2.47. The van der Waals surface area contributed by atoms with Crippen LogP contribution in [0.4, 0.5) is 14.5 Å². The fourth-order valence-electron chi connectivity index (χ4n) is 3.47. The van der Waals surface area contributed by atoms with Gasteiger partial charge in [-0.25, -0.2) is 13.8 Å². The first-order valence-electron chi connectivity index (χ1n) is 9.81. The number of imidazole rings is 1. The van der Waals surface area contributed by atoms with Gasteiger partial charge in [-0.05, 0) is 18.2 Å². The highest BCUT2D eigenvalue weighted by Crippen LogP contribution is 2.31. The molecule has 4 heterocycles. The number of nitriles is 1. The van der Waals surface area contributed by atoms with Gasteiger partial charge in [0, 0.05) is 25.0 Å². The zero-order valence-corrected chi connectivity index (χ0v) is 17.0. The van der Waals surface area contributed by atoms with E-state index in [4.69, 9.17) is 5.26 Å². The number of nitrogens with one attached hydrogen (secondary N) is 2. The molecule has 33 heavy (non-hydrogen) atoms. The fraction of sp³-hybridized carbons (Fsp3) is 0.238. The molecule has 2 N–H and O–H groups in total. The first-order valence-corrected chi connectivity index (χ1v) is 9.81. The minimum Gasteiger partial charge on any atom is -0.343 e. The number of aromatic nitrogens is 3. The molecule has 1 aliphatic heterocycles. The molecule has 3 aromatic rings. The van der Waals surface area contributed by atoms with Crippen molar-refractivity contribution in [2.75, 3.05) is 18.4 Å². The molecule has 10 nitrogen and oxygen atoms in total. The molecule has 0 aliphatic carbocycles. The van der Waals surface area contributed by atoms with Gasteiger partial charge in [0.25, 0.3) is 17.7 Å². The third kappa shape index (κ3) is 4.62. The minimum atomic E-state index is -3.15. The van der Waals surface area contributed by atoms with E-state index in [-0.39, 0.29) is 16.9 Å². The predicted molar refractivity (Wildman–Crippen MR) is 110 cm³/mol. The second kappa shape index (κ2) is 8.62. The number of alkyl halides is 2. The van der Waals surface area contributed by atoms with Crippen molar-refractivity contribution < 1.29 is 23.2 Å². The van der Waals surface area contributed by atoms with E-state index in [1.54, 1.807) is 34.9 Å². The van der Waals surface area contributed by atoms with Crippen molar-refractivity contribution in [3.63, 3.8) is 0 Å². The molecule has 0 radical (unpaired) electrons. The van der Waals surface area contributed by atoms with E-state index >= 15 is 0 Å². The van der Waals surface area contributed by atoms with Crippen LogP contribution in [0.15, 0.2) is 49.1 Å². The van der Waals surface area contributed by atoms with E-state index in [9.17, 15) is 23.2 Å². The average molecular weight is 453 g/mol. The average Bonchev–Trinajstić information content (AvgIpc) is 3.38. The molecule has 1 saturated heterocycles. The molecule has 4 rings (SSSR count). The molecule has 0 saturated carbocycles. The maximum absolute atomic E-state index is 13.6. The summed E-state index contributed by atoms with van der Waals surface area (Å²) in [6.07, 6.45) is 5.09. The zero-order chi connectivity index (χ0) is 23.6. The topological polar surface area (TPSA) is 132 Å². The summed E-state index contributed by atoms with van der Waals surface area (Å²) in [5.74, 6) is -5.26. The smallest absolute Gasteiger partial charge is 0.275 e. The van der Waals surface area contributed by atoms with E-state index in [1.807, 2.05) is 0 Å². The number of pyridine rings is 2. The summed E-state index contributed by atoms with van der Waals surface area (Å²) in [6.45, 7) is -1.47. The summed E-state index contributed by atoms with van der Waals surface area (Å²) < 4.78 is 28.8. The Labute approximate surface area is 185 Å². The van der Waals surface area contributed by atoms with Gasteiger partial charge in [0.15, 0.2) is 0 Å². The first-order chi connectivity index (χ1) is 15.8. The summed E-state index contributed by atoms with van der Waals surface area (Å²) in [6, 6.07) is 7.03. The molecule has 3 aromatic heterocycles. The van der Waals surface area contributed by atoms with Crippen molar-refractivity contribution in [3.05, 3.63) is 60.3 Å². The first kappa shape index (κ1) is 21.8. The van der Waals surface area contributed by atoms with Crippen molar-refractivity contribution in [1.29, 1.82) is 5.26 Å². The van der Waals surface area contributed by atoms with Gasteiger partial charge in [-0.15, -0.1) is 0 Å². The van der Waals surface area contributed by atoms with Crippen LogP contribution in [-0.4, -0.2) is 62.0 Å². The quantitative estimate of drug-likeness (QED) is 0.601. The predicted octanol–water partition coefficient (Wildman–Crippen LogP) is 1.47. The maximum Gasteiger partial charge on any atom is 0.275 e. The van der Waals surface area contributed by atoms with Crippen LogP contribution >= 0.6 is 0 Å². The van der Waals surface area contributed by atoms with Crippen LogP contribution in [0, 0.1) is 11.3 Å². The molecule has 3 amide bonds. The standard InChI is InChI=1S/C21H17F2N7O3/c22-21(23)7-13(8-24)30(12-21)18(31)10-26-19(32)14-4-5-25-9-15(14)28-20(33)16-11-29-6-2-1-3-17(29)27-16/h1-6,9,11,13H,7,10,12H2,(H,26,32)(H,28,33)/t13-/m0/s1. The highest BCUT2D eigenvalue weighted by molar-refractivity contribution is 6.08. The molecule has 1 fully saturated rings. The van der Waals surface area contributed by atoms with Gasteiger partial charge < -0.3 is 19.9 Å². The van der Waals surface area contributed by atoms with Gasteiger partial charge in [0.2, 0.25) is 5.91 Å². The molecule has 12 heteroatoms. The van der Waals surface area contributed by atoms with Crippen molar-refractivity contribution in [3.8, 4) is 6.07 Å². The van der Waals surface area contributed by atoms with Crippen molar-refractivity contribution >= 4 is 29.1 Å². The number of hydrogen-bond acceptors (Lipinski definition) is 6. The Morgan fingerprint density at radius 2 is 2.06 bits per heavy atom. The van der Waals surface area contributed by atoms with Crippen molar-refractivity contribution in [2.45, 2.75) is 18.4 Å². The van der Waals surface area contributed by atoms with Gasteiger partial charge in [-0.1, -0.05) is 6.07 Å². The molecule has 1 atom stereocenters. The fourth-order valence-corrected chi connectivity index (χ4v) is 3.47. The number of carbonyl (C=O) groups is 3. The number of nitrogens with zero attached hydrogens (tertiary/aromatic N) is 5. The van der Waals surface area contributed by atoms with Gasteiger partial charge in [0.05, 0.1) is 36.6 Å². The van der Waals surface area contributed by atoms with Crippen LogP contribution in [-0.2, 0) is 4.79 Å². The third-order valence-electron chi connectivity index (χ3n) is 5.05. The number of rotatable bonds is 5. The third-order valence-corrected chi connectivity index (χ3v) is 5.05. The van der Waals surface area contributed by atoms with Crippen LogP contribution in [0.1, 0.15) is 27.3 Å². The lowest BCUT2D eigenvalue weighted by Gasteiger charge is -2.19. The lowest BCUT2D eigenvalue weighted by atomic mass is 10.2. The molecule has 168 valence electrons. The van der Waals surface area contributed by atoms with Crippen LogP contribution in [0.5, 0.6) is 0 Å². The van der Waals surface area contributed by atoms with Crippen LogP contribution in [0.2, 0.25) is 0 Å². The Bertz CT molecular complexity index is 1250. The van der Waals surface area contributed by atoms with Crippen LogP contribution < -0.4 is 10.6 Å². The Morgan fingerprint density at radius 1 is 1.24 bits per heavy atom. The lowest BCUT2D eigenvalue weighted by molar-refractivity contribution is -0.131. The summed E-state index contributed by atoms with van der Waals surface area (Å²) in [4.78, 5) is 46.4. The van der Waals surface area contributed by atoms with Crippen LogP contribution in [0.3, 0.4) is 0 Å². The van der Waals surface area contributed by atoms with E-state index < -0.39 is 49.2 Å². The van der Waals surface area contributed by atoms with Gasteiger partial charge >= 0.3 is 0 Å². The molecule has 0 unspecified atom stereocenters. The van der Waals surface area contributed by atoms with Crippen molar-refractivity contribution in [1.82, 2.24) is 24.6 Å². The second-order valence-corrected chi connectivity index (χ2v) is 7.38. The lowest BCUT2D eigenvalue weighted by Crippen LogP contribution is -2.43. The second-order valence-electron chi connectivity index (χ2n) is 7.38. The number of likely N-dealkylation sites (tertiary alicyclic amines) is 1. The van der Waals surface area contributed by atoms with Crippen molar-refractivity contribution in [2.24, 2.45) is 0 Å². The largest absolute Gasteiger partial charge is 0.343 e. The Balaban J connectivity index is 1.43. The van der Waals surface area contributed by atoms with Crippen LogP contribution in [0.25, 0.3) is 5.65 Å². The number of halogens is 2. The number of carbonyl (C=O) groups excluding carboxylic acids is 3. The van der Waals surface area contributed by atoms with E-state index in [1.165, 1.54) is 24.7 Å². The number of hydrogen-bond donors (Lipinski definition) is 2. The Kier molecular flexibility index (Phi) is 5.70. The van der Waals surface area contributed by atoms with E-state index in [0.717, 1.165) is 4.90 Å². The highest BCUT2D eigenvalue weighted by atomic mass is 19.3. The maximum atomic E-state index is 13.6. The Morgan fingerprint density at radius 3 is 2.82 bits per heavy atom. The molecular formula is C21H17F2N7O3. The summed E-state index contributed by atoms with van der Waals surface area (Å²) in [7, 11) is 0. The van der Waals surface area contributed by atoms with E-state index in [0.29, 0.717) is 5.65 Å². The number of anilines is 1. The van der Waals surface area contributed by atoms with E-state index in [2.05, 4.69) is 20.6 Å². The molecule has 0 aromatic carbocycles. The number of fused-ring (bicyclic) bond motifs is 1. The van der Waals surface area contributed by atoms with Gasteiger partial charge in [-0.2, -0.15) is 5.26 Å². The normalized spacial score (nSPS) is 16.9. The monoisotopic (exact) mass is 453 g/mol. The summed E-state index contributed by atoms with van der Waals surface area (Å²) in [5, 5.41) is 13.9. The zero-order valence-electron chi connectivity index (χ0n) is 17.0. The molecule has 1 aliphatic rings. The minimum absolute atomic E-state index is 0.0125. The molecule has 0 bridgehead atoms. The van der Waals surface area contributed by atoms with Gasteiger partial charge in [0.1, 0.15) is 17.4 Å². The summed E-state index contributed by atoms with van der Waals surface area (Å²) in [5.41, 5.74) is 0.767. The SMILES string of the molecule is N#C[C@@H]1CC(F)(F)CN1C(=O)CNC(=O)c1ccncc1NC(=O)c1cn2ccccc2n1. The number of amides is 3. The summed E-state index contributed by atoms with van der Waals surface area (Å²) >= 11 is 0. The molecular weight excluding hydrogens is 436 g/mol. The molecule has 0 spiro atoms. The Hall–Kier alpha value is -4.40. The van der Waals surface area contributed by atoms with Gasteiger partial charge in [-0.3, -0.25) is 19.4 Å².